The van der Waals surface area contributed by atoms with Crippen LogP contribution in [0.2, 0.25) is 5.02 Å². The van der Waals surface area contributed by atoms with Crippen LogP contribution in [0.15, 0.2) is 42.6 Å². The largest absolute Gasteiger partial charge is 0.368 e. The number of aryl methyl sites for hydroxylation is 2. The summed E-state index contributed by atoms with van der Waals surface area (Å²) in [6, 6.07) is 11.3. The first-order valence-electron chi connectivity index (χ1n) is 10.6. The van der Waals surface area contributed by atoms with Crippen molar-refractivity contribution in [2.45, 2.75) is 39.7 Å². The number of rotatable bonds is 5. The molecular formula is C23H27ClN6O. The number of nitrogens with zero attached hydrogens (tertiary/aromatic N) is 5. The van der Waals surface area contributed by atoms with Gasteiger partial charge in [-0.2, -0.15) is 15.0 Å². The van der Waals surface area contributed by atoms with Crippen molar-refractivity contribution in [3.05, 3.63) is 64.6 Å². The number of amides is 1. The molecule has 0 bridgehead atoms. The second-order valence-electron chi connectivity index (χ2n) is 8.14. The van der Waals surface area contributed by atoms with Gasteiger partial charge in [0.2, 0.25) is 0 Å². The van der Waals surface area contributed by atoms with Crippen LogP contribution in [-0.4, -0.2) is 49.9 Å². The quantitative estimate of drug-likeness (QED) is 0.643. The van der Waals surface area contributed by atoms with Crippen LogP contribution in [0.4, 0.5) is 5.82 Å². The molecule has 1 aromatic carbocycles. The number of carbonyl (C=O) groups excluding carboxylic acids is 1. The summed E-state index contributed by atoms with van der Waals surface area (Å²) in [5.41, 5.74) is 3.31. The van der Waals surface area contributed by atoms with Gasteiger partial charge in [-0.05, 0) is 69.0 Å². The van der Waals surface area contributed by atoms with Gasteiger partial charge in [0.25, 0.3) is 5.91 Å². The van der Waals surface area contributed by atoms with Gasteiger partial charge in [-0.3, -0.25) is 4.79 Å². The summed E-state index contributed by atoms with van der Waals surface area (Å²) in [5.74, 6) is 1.21. The molecule has 1 fully saturated rings. The first kappa shape index (κ1) is 21.3. The maximum absolute atomic E-state index is 13.3. The van der Waals surface area contributed by atoms with Crippen molar-refractivity contribution in [1.29, 1.82) is 0 Å². The number of hydrogen-bond acceptors (Lipinski definition) is 5. The van der Waals surface area contributed by atoms with Crippen LogP contribution in [0.1, 0.15) is 41.5 Å². The zero-order valence-electron chi connectivity index (χ0n) is 18.0. The number of piperidine rings is 1. The van der Waals surface area contributed by atoms with E-state index >= 15 is 0 Å². The number of carbonyl (C=O) groups is 1. The zero-order chi connectivity index (χ0) is 22.0. The van der Waals surface area contributed by atoms with Crippen molar-refractivity contribution >= 4 is 23.3 Å². The van der Waals surface area contributed by atoms with Gasteiger partial charge < -0.3 is 10.2 Å². The van der Waals surface area contributed by atoms with E-state index in [4.69, 9.17) is 11.6 Å². The topological polar surface area (TPSA) is 75.9 Å². The molecule has 8 heteroatoms. The van der Waals surface area contributed by atoms with Gasteiger partial charge in [-0.1, -0.05) is 18.5 Å². The molecule has 1 aliphatic heterocycles. The highest BCUT2D eigenvalue weighted by Crippen LogP contribution is 2.26. The van der Waals surface area contributed by atoms with Crippen molar-refractivity contribution in [3.8, 4) is 5.69 Å². The lowest BCUT2D eigenvalue weighted by Crippen LogP contribution is -2.51. The third-order valence-electron chi connectivity index (χ3n) is 5.95. The highest BCUT2D eigenvalue weighted by atomic mass is 35.5. The Morgan fingerprint density at radius 1 is 1.13 bits per heavy atom. The number of benzene rings is 1. The van der Waals surface area contributed by atoms with Crippen LogP contribution in [0, 0.1) is 19.8 Å². The predicted octanol–water partition coefficient (Wildman–Crippen LogP) is 4.29. The summed E-state index contributed by atoms with van der Waals surface area (Å²) in [4.78, 5) is 21.2. The van der Waals surface area contributed by atoms with Gasteiger partial charge in [0, 0.05) is 24.8 Å². The first-order valence-corrected chi connectivity index (χ1v) is 11.0. The van der Waals surface area contributed by atoms with Crippen LogP contribution in [0.3, 0.4) is 0 Å². The number of halogens is 1. The average molecular weight is 439 g/mol. The molecule has 1 N–H and O–H groups in total. The number of hydrogen-bond donors (Lipinski definition) is 1. The normalized spacial score (nSPS) is 18.8. The highest BCUT2D eigenvalue weighted by molar-refractivity contribution is 6.30. The van der Waals surface area contributed by atoms with Crippen molar-refractivity contribution in [3.63, 3.8) is 0 Å². The van der Waals surface area contributed by atoms with E-state index in [0.717, 1.165) is 42.3 Å². The Hall–Kier alpha value is -2.93. The number of nitrogens with one attached hydrogen (secondary N) is 1. The van der Waals surface area contributed by atoms with E-state index in [1.54, 1.807) is 11.0 Å². The van der Waals surface area contributed by atoms with E-state index in [1.807, 2.05) is 55.1 Å². The molecule has 0 aliphatic carbocycles. The van der Waals surface area contributed by atoms with Crippen molar-refractivity contribution < 1.29 is 4.79 Å². The molecule has 2 aromatic heterocycles. The molecule has 7 nitrogen and oxygen atoms in total. The number of likely N-dealkylation sites (tertiary alicyclic amines) is 1. The summed E-state index contributed by atoms with van der Waals surface area (Å²) >= 11 is 5.92. The summed E-state index contributed by atoms with van der Waals surface area (Å²) < 4.78 is 0. The van der Waals surface area contributed by atoms with Crippen LogP contribution < -0.4 is 5.32 Å². The highest BCUT2D eigenvalue weighted by Gasteiger charge is 2.32. The van der Waals surface area contributed by atoms with Crippen LogP contribution in [0.25, 0.3) is 5.69 Å². The van der Waals surface area contributed by atoms with Crippen molar-refractivity contribution in [2.75, 3.05) is 18.4 Å². The summed E-state index contributed by atoms with van der Waals surface area (Å²) in [6.45, 7) is 7.47. The molecule has 0 unspecified atom stereocenters. The third kappa shape index (κ3) is 4.71. The molecule has 1 aliphatic rings. The first-order chi connectivity index (χ1) is 14.9. The maximum atomic E-state index is 13.3. The summed E-state index contributed by atoms with van der Waals surface area (Å²) in [7, 11) is 0. The Bertz CT molecular complexity index is 1030. The minimum atomic E-state index is 0.0507. The Kier molecular flexibility index (Phi) is 6.23. The molecule has 3 aromatic rings. The number of anilines is 1. The van der Waals surface area contributed by atoms with E-state index in [2.05, 4.69) is 27.4 Å². The van der Waals surface area contributed by atoms with E-state index in [9.17, 15) is 4.79 Å². The van der Waals surface area contributed by atoms with E-state index in [-0.39, 0.29) is 11.9 Å². The zero-order valence-corrected chi connectivity index (χ0v) is 18.8. The SMILES string of the molecule is Cc1nn(-c2ccc(C(=O)N3CCC[C@@H](C)[C@H]3CNc3ccc(Cl)cn3)cc2)nc1C. The summed E-state index contributed by atoms with van der Waals surface area (Å²) in [5, 5.41) is 12.8. The molecule has 1 amide bonds. The van der Waals surface area contributed by atoms with Crippen LogP contribution >= 0.6 is 11.6 Å². The fraction of sp³-hybridized carbons (Fsp3) is 0.391. The molecule has 31 heavy (non-hydrogen) atoms. The Labute approximate surface area is 187 Å². The second-order valence-corrected chi connectivity index (χ2v) is 8.57. The second kappa shape index (κ2) is 9.06. The molecule has 1 saturated heterocycles. The Morgan fingerprint density at radius 2 is 1.84 bits per heavy atom. The van der Waals surface area contributed by atoms with Gasteiger partial charge >= 0.3 is 0 Å². The smallest absolute Gasteiger partial charge is 0.254 e. The Balaban J connectivity index is 1.48. The van der Waals surface area contributed by atoms with Gasteiger partial charge in [0.05, 0.1) is 28.1 Å². The van der Waals surface area contributed by atoms with Gasteiger partial charge in [-0.15, -0.1) is 0 Å². The molecule has 0 spiro atoms. The Morgan fingerprint density at radius 3 is 2.48 bits per heavy atom. The summed E-state index contributed by atoms with van der Waals surface area (Å²) in [6.07, 6.45) is 3.74. The van der Waals surface area contributed by atoms with Gasteiger partial charge in [0.1, 0.15) is 5.82 Å². The molecule has 3 heterocycles. The molecule has 2 atom stereocenters. The average Bonchev–Trinajstić information content (AvgIpc) is 3.12. The number of pyridine rings is 1. The lowest BCUT2D eigenvalue weighted by atomic mass is 9.90. The predicted molar refractivity (Wildman–Crippen MR) is 122 cm³/mol. The van der Waals surface area contributed by atoms with Crippen LogP contribution in [0.5, 0.6) is 0 Å². The van der Waals surface area contributed by atoms with Crippen LogP contribution in [-0.2, 0) is 0 Å². The third-order valence-corrected chi connectivity index (χ3v) is 6.18. The van der Waals surface area contributed by atoms with Gasteiger partial charge in [0.15, 0.2) is 0 Å². The lowest BCUT2D eigenvalue weighted by Gasteiger charge is -2.40. The fourth-order valence-corrected chi connectivity index (χ4v) is 4.08. The molecule has 0 saturated carbocycles. The van der Waals surface area contributed by atoms with Gasteiger partial charge in [-0.25, -0.2) is 4.98 Å². The van der Waals surface area contributed by atoms with E-state index < -0.39 is 0 Å². The molecule has 4 rings (SSSR count). The molecule has 162 valence electrons. The fourth-order valence-electron chi connectivity index (χ4n) is 3.97. The maximum Gasteiger partial charge on any atom is 0.254 e. The standard InChI is InChI=1S/C23H27ClN6O/c1-15-5-4-12-29(21(15)14-26-22-11-8-19(24)13-25-22)23(31)18-6-9-20(10-7-18)30-27-16(2)17(3)28-30/h6-11,13,15,21H,4-5,12,14H2,1-3H3,(H,25,26)/t15-,21-/m1/s1. The molecular weight excluding hydrogens is 412 g/mol. The van der Waals surface area contributed by atoms with E-state index in [1.165, 1.54) is 0 Å². The lowest BCUT2D eigenvalue weighted by molar-refractivity contribution is 0.0540. The number of aromatic nitrogens is 4. The minimum Gasteiger partial charge on any atom is -0.368 e. The molecule has 0 radical (unpaired) electrons. The monoisotopic (exact) mass is 438 g/mol. The van der Waals surface area contributed by atoms with Crippen molar-refractivity contribution in [2.24, 2.45) is 5.92 Å². The van der Waals surface area contributed by atoms with E-state index in [0.29, 0.717) is 23.0 Å². The minimum absolute atomic E-state index is 0.0507. The van der Waals surface area contributed by atoms with Crippen molar-refractivity contribution in [1.82, 2.24) is 24.9 Å².